The van der Waals surface area contributed by atoms with Crippen molar-refractivity contribution < 1.29 is 14.4 Å². The van der Waals surface area contributed by atoms with Crippen molar-refractivity contribution in [1.82, 2.24) is 25.4 Å². The van der Waals surface area contributed by atoms with Crippen LogP contribution in [0.3, 0.4) is 0 Å². The maximum atomic E-state index is 13.5. The van der Waals surface area contributed by atoms with Crippen molar-refractivity contribution in [3.8, 4) is 0 Å². The fourth-order valence-electron chi connectivity index (χ4n) is 4.41. The van der Waals surface area contributed by atoms with Crippen LogP contribution in [0.5, 0.6) is 0 Å². The molecule has 2 unspecified atom stereocenters. The third kappa shape index (κ3) is 4.46. The number of pyridine rings is 1. The number of rotatable bonds is 7. The zero-order valence-corrected chi connectivity index (χ0v) is 19.2. The third-order valence-corrected chi connectivity index (χ3v) is 6.19. The molecule has 2 aromatic rings. The van der Waals surface area contributed by atoms with E-state index in [1.165, 1.54) is 0 Å². The van der Waals surface area contributed by atoms with E-state index in [0.717, 1.165) is 16.8 Å². The molecule has 8 heteroatoms. The van der Waals surface area contributed by atoms with E-state index in [2.05, 4.69) is 15.6 Å². The number of amides is 4. The Kier molecular flexibility index (Phi) is 6.44. The lowest BCUT2D eigenvalue weighted by Crippen LogP contribution is -2.47. The number of carbonyl (C=O) groups excluding carboxylic acids is 3. The number of aromatic nitrogens is 1. The van der Waals surface area contributed by atoms with Crippen LogP contribution in [-0.4, -0.2) is 58.3 Å². The average molecular weight is 448 g/mol. The van der Waals surface area contributed by atoms with Gasteiger partial charge in [-0.15, -0.1) is 0 Å². The molecule has 4 rings (SSSR count). The first-order chi connectivity index (χ1) is 15.9. The molecule has 2 aliphatic rings. The Hall–Kier alpha value is -3.68. The van der Waals surface area contributed by atoms with E-state index in [4.69, 9.17) is 0 Å². The summed E-state index contributed by atoms with van der Waals surface area (Å²) in [6.45, 7) is 6.67. The highest BCUT2D eigenvalue weighted by atomic mass is 16.2. The topological polar surface area (TPSA) is 94.6 Å². The number of hydrogen-bond acceptors (Lipinski definition) is 4. The summed E-state index contributed by atoms with van der Waals surface area (Å²) in [4.78, 5) is 46.6. The smallest absolute Gasteiger partial charge is 0.322 e. The lowest BCUT2D eigenvalue weighted by Gasteiger charge is -2.33. The molecular formula is C25H29N5O3. The lowest BCUT2D eigenvalue weighted by molar-refractivity contribution is -0.135. The Labute approximate surface area is 193 Å². The normalized spacial score (nSPS) is 18.8. The summed E-state index contributed by atoms with van der Waals surface area (Å²) in [6.07, 6.45) is 2.33. The van der Waals surface area contributed by atoms with E-state index in [1.54, 1.807) is 22.9 Å². The Morgan fingerprint density at radius 2 is 2.06 bits per heavy atom. The van der Waals surface area contributed by atoms with Crippen molar-refractivity contribution in [2.75, 3.05) is 19.6 Å². The average Bonchev–Trinajstić information content (AvgIpc) is 3.15. The molecule has 0 spiro atoms. The molecule has 2 aliphatic heterocycles. The molecule has 4 amide bonds. The molecule has 0 radical (unpaired) electrons. The van der Waals surface area contributed by atoms with E-state index >= 15 is 0 Å². The van der Waals surface area contributed by atoms with Gasteiger partial charge >= 0.3 is 6.03 Å². The van der Waals surface area contributed by atoms with Crippen LogP contribution in [0.1, 0.15) is 36.7 Å². The van der Waals surface area contributed by atoms with Crippen LogP contribution >= 0.6 is 0 Å². The van der Waals surface area contributed by atoms with Crippen LogP contribution in [0.2, 0.25) is 0 Å². The van der Waals surface area contributed by atoms with Gasteiger partial charge in [-0.25, -0.2) is 4.79 Å². The van der Waals surface area contributed by atoms with Crippen LogP contribution < -0.4 is 10.6 Å². The summed E-state index contributed by atoms with van der Waals surface area (Å²) in [5.74, 6) is -0.448. The first-order valence-electron chi connectivity index (χ1n) is 11.3. The molecule has 2 N–H and O–H groups in total. The van der Waals surface area contributed by atoms with Crippen LogP contribution in [0.15, 0.2) is 59.9 Å². The number of aryl methyl sites for hydroxylation is 1. The highest BCUT2D eigenvalue weighted by molar-refractivity contribution is 6.03. The second kappa shape index (κ2) is 9.44. The summed E-state index contributed by atoms with van der Waals surface area (Å²) >= 11 is 0. The lowest BCUT2D eigenvalue weighted by atomic mass is 9.94. The van der Waals surface area contributed by atoms with Gasteiger partial charge in [-0.05, 0) is 38.5 Å². The molecule has 0 saturated heterocycles. The Balaban J connectivity index is 1.51. The van der Waals surface area contributed by atoms with Crippen molar-refractivity contribution in [3.05, 3.63) is 76.8 Å². The molecule has 0 fully saturated rings. The molecule has 0 aliphatic carbocycles. The van der Waals surface area contributed by atoms with Crippen molar-refractivity contribution in [2.24, 2.45) is 0 Å². The summed E-state index contributed by atoms with van der Waals surface area (Å²) < 4.78 is 0. The van der Waals surface area contributed by atoms with Gasteiger partial charge in [-0.1, -0.05) is 35.9 Å². The Morgan fingerprint density at radius 1 is 1.24 bits per heavy atom. The number of nitrogens with zero attached hydrogens (tertiary/aromatic N) is 3. The third-order valence-electron chi connectivity index (χ3n) is 6.19. The molecule has 0 bridgehead atoms. The van der Waals surface area contributed by atoms with Gasteiger partial charge in [0.2, 0.25) is 5.91 Å². The molecule has 0 saturated carbocycles. The first kappa shape index (κ1) is 22.5. The SMILES string of the molecule is CCN1C(=O)NC(c2cccc(C)c2)C2=C1CN(C(C)C(=O)NCCc1ccccn1)C2=O. The molecule has 3 heterocycles. The number of urea groups is 1. The summed E-state index contributed by atoms with van der Waals surface area (Å²) in [5, 5.41) is 5.88. The first-order valence-corrected chi connectivity index (χ1v) is 11.3. The molecular weight excluding hydrogens is 418 g/mol. The quantitative estimate of drug-likeness (QED) is 0.681. The summed E-state index contributed by atoms with van der Waals surface area (Å²) in [5.41, 5.74) is 4.00. The summed E-state index contributed by atoms with van der Waals surface area (Å²) in [7, 11) is 0. The van der Waals surface area contributed by atoms with E-state index in [9.17, 15) is 14.4 Å². The van der Waals surface area contributed by atoms with E-state index < -0.39 is 12.1 Å². The molecule has 1 aromatic carbocycles. The minimum absolute atomic E-state index is 0.220. The van der Waals surface area contributed by atoms with Crippen molar-refractivity contribution >= 4 is 17.8 Å². The monoisotopic (exact) mass is 447 g/mol. The fraction of sp³-hybridized carbons (Fsp3) is 0.360. The molecule has 8 nitrogen and oxygen atoms in total. The van der Waals surface area contributed by atoms with Gasteiger partial charge in [0.25, 0.3) is 5.91 Å². The van der Waals surface area contributed by atoms with Crippen LogP contribution in [0.4, 0.5) is 4.79 Å². The number of hydrogen-bond donors (Lipinski definition) is 2. The standard InChI is InChI=1S/C25H29N5O3/c1-4-29-20-15-30(17(3)23(31)27-13-11-19-10-5-6-12-26-19)24(32)21(20)22(28-25(29)33)18-9-7-8-16(2)14-18/h5-10,12,14,17,22H,4,11,13,15H2,1-3H3,(H,27,31)(H,28,33). The van der Waals surface area contributed by atoms with Gasteiger partial charge in [0.05, 0.1) is 23.9 Å². The van der Waals surface area contributed by atoms with Crippen LogP contribution in [0, 0.1) is 6.92 Å². The minimum atomic E-state index is -0.668. The molecule has 172 valence electrons. The van der Waals surface area contributed by atoms with Crippen molar-refractivity contribution in [2.45, 2.75) is 39.3 Å². The zero-order valence-electron chi connectivity index (χ0n) is 19.2. The maximum absolute atomic E-state index is 13.5. The van der Waals surface area contributed by atoms with Crippen molar-refractivity contribution in [1.29, 1.82) is 0 Å². The van der Waals surface area contributed by atoms with Gasteiger partial charge in [-0.2, -0.15) is 0 Å². The van der Waals surface area contributed by atoms with Gasteiger partial charge < -0.3 is 15.5 Å². The second-order valence-electron chi connectivity index (χ2n) is 8.37. The Morgan fingerprint density at radius 3 is 2.76 bits per heavy atom. The zero-order chi connectivity index (χ0) is 23.5. The van der Waals surface area contributed by atoms with E-state index in [1.807, 2.05) is 56.3 Å². The van der Waals surface area contributed by atoms with Gasteiger partial charge in [0, 0.05) is 31.4 Å². The van der Waals surface area contributed by atoms with Gasteiger partial charge in [0.1, 0.15) is 6.04 Å². The highest BCUT2D eigenvalue weighted by Crippen LogP contribution is 2.37. The largest absolute Gasteiger partial charge is 0.354 e. The van der Waals surface area contributed by atoms with Crippen LogP contribution in [-0.2, 0) is 16.0 Å². The predicted octanol–water partition coefficient (Wildman–Crippen LogP) is 2.32. The Bertz CT molecular complexity index is 1100. The molecule has 33 heavy (non-hydrogen) atoms. The number of carbonyl (C=O) groups is 3. The van der Waals surface area contributed by atoms with E-state index in [0.29, 0.717) is 30.8 Å². The highest BCUT2D eigenvalue weighted by Gasteiger charge is 2.45. The van der Waals surface area contributed by atoms with Gasteiger partial charge in [0.15, 0.2) is 0 Å². The minimum Gasteiger partial charge on any atom is -0.354 e. The summed E-state index contributed by atoms with van der Waals surface area (Å²) in [6, 6.07) is 12.0. The number of benzene rings is 1. The van der Waals surface area contributed by atoms with Gasteiger partial charge in [-0.3, -0.25) is 19.5 Å². The molecule has 2 atom stereocenters. The van der Waals surface area contributed by atoms with E-state index in [-0.39, 0.29) is 24.4 Å². The van der Waals surface area contributed by atoms with Crippen molar-refractivity contribution in [3.63, 3.8) is 0 Å². The van der Waals surface area contributed by atoms with Crippen LogP contribution in [0.25, 0.3) is 0 Å². The predicted molar refractivity (Wildman–Crippen MR) is 124 cm³/mol. The number of likely N-dealkylation sites (N-methyl/N-ethyl adjacent to an activating group) is 1. The second-order valence-corrected chi connectivity index (χ2v) is 8.37. The fourth-order valence-corrected chi connectivity index (χ4v) is 4.41. The number of nitrogens with one attached hydrogen (secondary N) is 2. The molecule has 1 aromatic heterocycles. The maximum Gasteiger partial charge on any atom is 0.322 e.